The molecule has 0 atom stereocenters. The number of anilines is 1. The molecule has 6 nitrogen and oxygen atoms in total. The summed E-state index contributed by atoms with van der Waals surface area (Å²) in [6.07, 6.45) is 0. The first-order chi connectivity index (χ1) is 14.5. The van der Waals surface area contributed by atoms with Gasteiger partial charge in [0, 0.05) is 22.2 Å². The summed E-state index contributed by atoms with van der Waals surface area (Å²) in [4.78, 5) is 17.0. The van der Waals surface area contributed by atoms with E-state index in [1.807, 2.05) is 39.8 Å². The molecular formula is C22H22ClF2N5O. The van der Waals surface area contributed by atoms with E-state index in [0.29, 0.717) is 10.8 Å². The Bertz CT molecular complexity index is 1130. The van der Waals surface area contributed by atoms with Gasteiger partial charge in [-0.15, -0.1) is 0 Å². The number of halogens is 3. The lowest BCUT2D eigenvalue weighted by molar-refractivity contribution is 0.0976. The van der Waals surface area contributed by atoms with Crippen molar-refractivity contribution in [3.8, 4) is 11.3 Å². The molecule has 162 valence electrons. The number of benzene rings is 2. The SMILES string of the molecule is Cc1cc(Cl)cc(-c2cc(NC(=NC(C)(C)C)NC(=O)c3ccc(F)c(F)c3)n[nH]2)c1. The molecule has 0 unspecified atom stereocenters. The molecule has 3 N–H and O–H groups in total. The smallest absolute Gasteiger partial charge is 0.258 e. The monoisotopic (exact) mass is 445 g/mol. The minimum Gasteiger partial charge on any atom is -0.309 e. The molecule has 0 radical (unpaired) electrons. The fourth-order valence-corrected chi connectivity index (χ4v) is 3.08. The zero-order valence-corrected chi connectivity index (χ0v) is 18.2. The van der Waals surface area contributed by atoms with Crippen LogP contribution >= 0.6 is 11.6 Å². The number of H-pyrrole nitrogens is 1. The first-order valence-electron chi connectivity index (χ1n) is 9.46. The van der Waals surface area contributed by atoms with Crippen molar-refractivity contribution in [1.82, 2.24) is 15.5 Å². The molecule has 0 saturated carbocycles. The van der Waals surface area contributed by atoms with E-state index in [1.165, 1.54) is 6.07 Å². The third-order valence-corrected chi connectivity index (χ3v) is 4.26. The van der Waals surface area contributed by atoms with Crippen molar-refractivity contribution in [2.45, 2.75) is 33.2 Å². The van der Waals surface area contributed by atoms with Crippen LogP contribution < -0.4 is 10.6 Å². The Kier molecular flexibility index (Phi) is 6.40. The number of rotatable bonds is 3. The molecule has 1 heterocycles. The molecule has 0 aliphatic carbocycles. The molecule has 1 amide bonds. The number of nitrogens with one attached hydrogen (secondary N) is 3. The van der Waals surface area contributed by atoms with Crippen LogP contribution in [0.3, 0.4) is 0 Å². The summed E-state index contributed by atoms with van der Waals surface area (Å²) in [7, 11) is 0. The number of guanidine groups is 1. The van der Waals surface area contributed by atoms with Gasteiger partial charge in [0.2, 0.25) is 5.96 Å². The maximum absolute atomic E-state index is 13.5. The van der Waals surface area contributed by atoms with Gasteiger partial charge in [-0.25, -0.2) is 13.8 Å². The topological polar surface area (TPSA) is 82.2 Å². The summed E-state index contributed by atoms with van der Waals surface area (Å²) in [5.41, 5.74) is 1.99. The van der Waals surface area contributed by atoms with Crippen molar-refractivity contribution in [3.63, 3.8) is 0 Å². The highest BCUT2D eigenvalue weighted by Crippen LogP contribution is 2.25. The summed E-state index contributed by atoms with van der Waals surface area (Å²) >= 11 is 6.13. The standard InChI is InChI=1S/C22H22ClF2N5O/c1-12-7-14(9-15(23)8-12)18-11-19(30-29-18)26-21(28-22(2,3)4)27-20(31)13-5-6-16(24)17(25)10-13/h5-11H,1-4H3,(H3,26,27,28,29,30,31). The van der Waals surface area contributed by atoms with E-state index < -0.39 is 23.1 Å². The van der Waals surface area contributed by atoms with Crippen LogP contribution in [0.1, 0.15) is 36.7 Å². The van der Waals surface area contributed by atoms with Gasteiger partial charge in [-0.3, -0.25) is 15.2 Å². The molecule has 3 aromatic rings. The third-order valence-electron chi connectivity index (χ3n) is 4.04. The summed E-state index contributed by atoms with van der Waals surface area (Å²) in [5, 5.41) is 13.3. The number of amides is 1. The Hall–Kier alpha value is -3.26. The van der Waals surface area contributed by atoms with Gasteiger partial charge in [-0.05, 0) is 69.7 Å². The summed E-state index contributed by atoms with van der Waals surface area (Å²) in [6, 6.07) is 10.3. The van der Waals surface area contributed by atoms with Gasteiger partial charge in [-0.1, -0.05) is 11.6 Å². The zero-order chi connectivity index (χ0) is 22.8. The predicted octanol–water partition coefficient (Wildman–Crippen LogP) is 5.31. The van der Waals surface area contributed by atoms with Gasteiger partial charge >= 0.3 is 0 Å². The largest absolute Gasteiger partial charge is 0.309 e. The van der Waals surface area contributed by atoms with Gasteiger partial charge in [0.25, 0.3) is 5.91 Å². The highest BCUT2D eigenvalue weighted by molar-refractivity contribution is 6.31. The van der Waals surface area contributed by atoms with Crippen molar-refractivity contribution < 1.29 is 13.6 Å². The molecule has 1 aromatic heterocycles. The van der Waals surface area contributed by atoms with E-state index in [-0.39, 0.29) is 11.5 Å². The Labute approximate surface area is 183 Å². The maximum atomic E-state index is 13.5. The lowest BCUT2D eigenvalue weighted by atomic mass is 10.1. The van der Waals surface area contributed by atoms with E-state index in [4.69, 9.17) is 11.6 Å². The number of aromatic amines is 1. The van der Waals surface area contributed by atoms with E-state index in [2.05, 4.69) is 25.8 Å². The quantitative estimate of drug-likeness (QED) is 0.377. The van der Waals surface area contributed by atoms with Crippen LogP contribution in [-0.2, 0) is 0 Å². The highest BCUT2D eigenvalue weighted by Gasteiger charge is 2.17. The number of aliphatic imine (C=N–C) groups is 1. The number of hydrogen-bond acceptors (Lipinski definition) is 3. The number of aromatic nitrogens is 2. The van der Waals surface area contributed by atoms with Gasteiger partial charge in [0.15, 0.2) is 17.5 Å². The molecule has 31 heavy (non-hydrogen) atoms. The molecule has 2 aromatic carbocycles. The lowest BCUT2D eigenvalue weighted by Gasteiger charge is -2.17. The Balaban J connectivity index is 1.84. The molecule has 0 aliphatic rings. The van der Waals surface area contributed by atoms with Crippen LogP contribution in [0.2, 0.25) is 5.02 Å². The molecule has 3 rings (SSSR count). The van der Waals surface area contributed by atoms with Crippen molar-refractivity contribution in [1.29, 1.82) is 0 Å². The van der Waals surface area contributed by atoms with E-state index in [0.717, 1.165) is 29.0 Å². The van der Waals surface area contributed by atoms with Crippen LogP contribution in [0.25, 0.3) is 11.3 Å². The maximum Gasteiger partial charge on any atom is 0.258 e. The van der Waals surface area contributed by atoms with Crippen LogP contribution in [0.5, 0.6) is 0 Å². The predicted molar refractivity (Wildman–Crippen MR) is 118 cm³/mol. The fourth-order valence-electron chi connectivity index (χ4n) is 2.79. The number of carbonyl (C=O) groups is 1. The Morgan fingerprint density at radius 1 is 1.10 bits per heavy atom. The molecule has 9 heteroatoms. The summed E-state index contributed by atoms with van der Waals surface area (Å²) < 4.78 is 26.7. The Morgan fingerprint density at radius 3 is 2.48 bits per heavy atom. The van der Waals surface area contributed by atoms with Gasteiger partial charge < -0.3 is 5.32 Å². The van der Waals surface area contributed by atoms with Crippen LogP contribution in [0, 0.1) is 18.6 Å². The van der Waals surface area contributed by atoms with Crippen LogP contribution in [-0.4, -0.2) is 27.6 Å². The first-order valence-corrected chi connectivity index (χ1v) is 9.84. The average molecular weight is 446 g/mol. The third kappa shape index (κ3) is 6.11. The van der Waals surface area contributed by atoms with Crippen LogP contribution in [0.4, 0.5) is 14.6 Å². The van der Waals surface area contributed by atoms with E-state index >= 15 is 0 Å². The number of hydrogen-bond donors (Lipinski definition) is 3. The fraction of sp³-hybridized carbons (Fsp3) is 0.227. The molecule has 0 fully saturated rings. The second-order valence-electron chi connectivity index (χ2n) is 8.02. The zero-order valence-electron chi connectivity index (χ0n) is 17.5. The molecule has 0 bridgehead atoms. The lowest BCUT2D eigenvalue weighted by Crippen LogP contribution is -2.38. The number of carbonyl (C=O) groups excluding carboxylic acids is 1. The summed E-state index contributed by atoms with van der Waals surface area (Å²) in [5.74, 6) is -2.26. The average Bonchev–Trinajstić information content (AvgIpc) is 3.10. The molecule has 0 spiro atoms. The number of nitrogens with zero attached hydrogens (tertiary/aromatic N) is 2. The molecular weight excluding hydrogens is 424 g/mol. The highest BCUT2D eigenvalue weighted by atomic mass is 35.5. The van der Waals surface area contributed by atoms with Crippen molar-refractivity contribution in [2.24, 2.45) is 4.99 Å². The Morgan fingerprint density at radius 2 is 1.84 bits per heavy atom. The van der Waals surface area contributed by atoms with Crippen molar-refractivity contribution in [3.05, 3.63) is 70.2 Å². The minimum absolute atomic E-state index is 0.0422. The molecule has 0 aliphatic heterocycles. The first kappa shape index (κ1) is 22.4. The van der Waals surface area contributed by atoms with Gasteiger partial charge in [-0.2, -0.15) is 5.10 Å². The summed E-state index contributed by atoms with van der Waals surface area (Å²) in [6.45, 7) is 7.49. The van der Waals surface area contributed by atoms with Gasteiger partial charge in [0.1, 0.15) is 0 Å². The van der Waals surface area contributed by atoms with Crippen LogP contribution in [0.15, 0.2) is 47.5 Å². The van der Waals surface area contributed by atoms with Gasteiger partial charge in [0.05, 0.1) is 11.2 Å². The minimum atomic E-state index is -1.11. The number of aryl methyl sites for hydroxylation is 1. The second kappa shape index (κ2) is 8.85. The van der Waals surface area contributed by atoms with E-state index in [9.17, 15) is 13.6 Å². The van der Waals surface area contributed by atoms with E-state index in [1.54, 1.807) is 12.1 Å². The molecule has 0 saturated heterocycles. The van der Waals surface area contributed by atoms with Crippen molar-refractivity contribution >= 4 is 29.3 Å². The van der Waals surface area contributed by atoms with Crippen molar-refractivity contribution in [2.75, 3.05) is 5.32 Å². The normalized spacial score (nSPS) is 12.0. The second-order valence-corrected chi connectivity index (χ2v) is 8.46.